The summed E-state index contributed by atoms with van der Waals surface area (Å²) >= 11 is 5.88. The van der Waals surface area contributed by atoms with Crippen molar-refractivity contribution in [2.75, 3.05) is 0 Å². The number of alkyl halides is 1. The average molecular weight is 208 g/mol. The number of carboxylic acid groups (broad SMARTS) is 1. The minimum Gasteiger partial charge on any atom is -0.480 e. The molecule has 0 heterocycles. The molecule has 0 aliphatic carbocycles. The van der Waals surface area contributed by atoms with Crippen LogP contribution in [0.2, 0.25) is 0 Å². The van der Waals surface area contributed by atoms with Gasteiger partial charge < -0.3 is 5.11 Å². The van der Waals surface area contributed by atoms with Gasteiger partial charge in [0.15, 0.2) is 0 Å². The second-order valence-electron chi connectivity index (χ2n) is 3.10. The van der Waals surface area contributed by atoms with Crippen LogP contribution in [0.1, 0.15) is 39.5 Å². The van der Waals surface area contributed by atoms with Crippen molar-refractivity contribution in [3.05, 3.63) is 0 Å². The number of halogens is 1. The largest absolute Gasteiger partial charge is 0.480 e. The number of hydrogen-bond acceptors (Lipinski definition) is 2. The summed E-state index contributed by atoms with van der Waals surface area (Å²) in [6.45, 7) is 3.98. The molecule has 2 atom stereocenters. The molecule has 0 rings (SSSR count). The molecule has 0 radical (unpaired) electrons. The van der Waals surface area contributed by atoms with Crippen LogP contribution < -0.4 is 5.32 Å². The van der Waals surface area contributed by atoms with Gasteiger partial charge in [0.25, 0.3) is 0 Å². The fraction of sp³-hybridized carbons (Fsp3) is 0.889. The lowest BCUT2D eigenvalue weighted by Crippen LogP contribution is -2.40. The number of carboxylic acids is 1. The van der Waals surface area contributed by atoms with Gasteiger partial charge in [-0.3, -0.25) is 10.1 Å². The van der Waals surface area contributed by atoms with Gasteiger partial charge in [-0.05, 0) is 12.8 Å². The average Bonchev–Trinajstić information content (AvgIpc) is 2.04. The monoisotopic (exact) mass is 207 g/mol. The van der Waals surface area contributed by atoms with Gasteiger partial charge in [0, 0.05) is 0 Å². The zero-order valence-corrected chi connectivity index (χ0v) is 8.97. The first-order valence-electron chi connectivity index (χ1n) is 4.74. The van der Waals surface area contributed by atoms with Crippen LogP contribution in [0.25, 0.3) is 0 Å². The van der Waals surface area contributed by atoms with Crippen molar-refractivity contribution in [1.82, 2.24) is 5.32 Å². The van der Waals surface area contributed by atoms with Gasteiger partial charge in [0.1, 0.15) is 6.04 Å². The second kappa shape index (κ2) is 7.15. The quantitative estimate of drug-likeness (QED) is 0.497. The van der Waals surface area contributed by atoms with Gasteiger partial charge in [0.05, 0.1) is 5.50 Å². The zero-order valence-electron chi connectivity index (χ0n) is 8.22. The maximum absolute atomic E-state index is 10.7. The molecule has 0 bridgehead atoms. The van der Waals surface area contributed by atoms with Crippen LogP contribution >= 0.6 is 11.6 Å². The van der Waals surface area contributed by atoms with E-state index in [1.807, 2.05) is 13.8 Å². The fourth-order valence-electron chi connectivity index (χ4n) is 1.12. The van der Waals surface area contributed by atoms with Gasteiger partial charge in [-0.1, -0.05) is 26.7 Å². The van der Waals surface area contributed by atoms with E-state index in [1.54, 1.807) is 0 Å². The van der Waals surface area contributed by atoms with Crippen molar-refractivity contribution >= 4 is 17.6 Å². The van der Waals surface area contributed by atoms with Crippen LogP contribution in [0.5, 0.6) is 0 Å². The lowest BCUT2D eigenvalue weighted by Gasteiger charge is -2.17. The second-order valence-corrected chi connectivity index (χ2v) is 3.63. The highest BCUT2D eigenvalue weighted by molar-refractivity contribution is 6.20. The Morgan fingerprint density at radius 1 is 1.38 bits per heavy atom. The van der Waals surface area contributed by atoms with E-state index in [-0.39, 0.29) is 5.50 Å². The summed E-state index contributed by atoms with van der Waals surface area (Å²) in [4.78, 5) is 10.7. The third-order valence-electron chi connectivity index (χ3n) is 1.80. The molecule has 78 valence electrons. The zero-order chi connectivity index (χ0) is 10.3. The van der Waals surface area contributed by atoms with Gasteiger partial charge >= 0.3 is 5.97 Å². The first-order chi connectivity index (χ1) is 6.11. The molecule has 13 heavy (non-hydrogen) atoms. The summed E-state index contributed by atoms with van der Waals surface area (Å²) in [5.41, 5.74) is -0.224. The van der Waals surface area contributed by atoms with E-state index >= 15 is 0 Å². The van der Waals surface area contributed by atoms with E-state index in [0.717, 1.165) is 19.3 Å². The summed E-state index contributed by atoms with van der Waals surface area (Å²) in [6.07, 6.45) is 3.23. The molecule has 0 amide bonds. The van der Waals surface area contributed by atoms with Crippen molar-refractivity contribution in [3.8, 4) is 0 Å². The van der Waals surface area contributed by atoms with Gasteiger partial charge in [-0.15, -0.1) is 11.6 Å². The molecule has 0 saturated carbocycles. The van der Waals surface area contributed by atoms with Crippen LogP contribution in [0.15, 0.2) is 0 Å². The predicted molar refractivity (Wildman–Crippen MR) is 54.0 cm³/mol. The molecule has 0 aliphatic heterocycles. The number of hydrogen-bond donors (Lipinski definition) is 2. The topological polar surface area (TPSA) is 49.3 Å². The van der Waals surface area contributed by atoms with Crippen molar-refractivity contribution in [3.63, 3.8) is 0 Å². The molecule has 4 heteroatoms. The number of aliphatic carboxylic acids is 1. The Balaban J connectivity index is 3.86. The third kappa shape index (κ3) is 5.88. The van der Waals surface area contributed by atoms with Gasteiger partial charge in [-0.25, -0.2) is 0 Å². The summed E-state index contributed by atoms with van der Waals surface area (Å²) in [7, 11) is 0. The van der Waals surface area contributed by atoms with Crippen molar-refractivity contribution in [2.45, 2.75) is 51.1 Å². The molecule has 0 aromatic rings. The normalized spacial score (nSPS) is 15.3. The van der Waals surface area contributed by atoms with E-state index in [1.165, 1.54) is 0 Å². The predicted octanol–water partition coefficient (Wildman–Crippen LogP) is 2.19. The number of nitrogens with one attached hydrogen (secondary N) is 1. The Bertz CT molecular complexity index is 153. The molecule has 2 N–H and O–H groups in total. The Morgan fingerprint density at radius 3 is 2.31 bits per heavy atom. The Labute approximate surface area is 84.5 Å². The van der Waals surface area contributed by atoms with E-state index in [2.05, 4.69) is 5.32 Å². The Morgan fingerprint density at radius 2 is 1.92 bits per heavy atom. The first kappa shape index (κ1) is 12.7. The Hall–Kier alpha value is -0.280. The highest BCUT2D eigenvalue weighted by Gasteiger charge is 2.18. The molecule has 0 aromatic carbocycles. The number of carbonyl (C=O) groups is 1. The van der Waals surface area contributed by atoms with Crippen LogP contribution in [0.4, 0.5) is 0 Å². The lowest BCUT2D eigenvalue weighted by atomic mass is 10.1. The maximum Gasteiger partial charge on any atom is 0.320 e. The summed E-state index contributed by atoms with van der Waals surface area (Å²) < 4.78 is 0. The summed E-state index contributed by atoms with van der Waals surface area (Å²) in [5.74, 6) is -0.816. The lowest BCUT2D eigenvalue weighted by molar-refractivity contribution is -0.139. The molecular formula is C9H18ClNO2. The molecule has 0 spiro atoms. The van der Waals surface area contributed by atoms with Crippen molar-refractivity contribution in [1.29, 1.82) is 0 Å². The van der Waals surface area contributed by atoms with Crippen LogP contribution in [-0.4, -0.2) is 22.6 Å². The molecule has 0 aromatic heterocycles. The van der Waals surface area contributed by atoms with E-state index in [4.69, 9.17) is 16.7 Å². The molecule has 3 nitrogen and oxygen atoms in total. The van der Waals surface area contributed by atoms with Gasteiger partial charge in [0.2, 0.25) is 0 Å². The van der Waals surface area contributed by atoms with Crippen molar-refractivity contribution in [2.24, 2.45) is 0 Å². The highest BCUT2D eigenvalue weighted by Crippen LogP contribution is 2.05. The highest BCUT2D eigenvalue weighted by atomic mass is 35.5. The SMILES string of the molecule is CCCC(Cl)NC(CCC)C(=O)O. The molecule has 0 fully saturated rings. The smallest absolute Gasteiger partial charge is 0.320 e. The Kier molecular flexibility index (Phi) is 7.00. The van der Waals surface area contributed by atoms with Crippen LogP contribution in [0.3, 0.4) is 0 Å². The summed E-state index contributed by atoms with van der Waals surface area (Å²) in [6, 6.07) is -0.501. The molecule has 0 saturated heterocycles. The standard InChI is InChI=1S/C9H18ClNO2/c1-3-5-7(9(12)13)11-8(10)6-4-2/h7-8,11H,3-6H2,1-2H3,(H,12,13). The first-order valence-corrected chi connectivity index (χ1v) is 5.18. The van der Waals surface area contributed by atoms with E-state index in [0.29, 0.717) is 6.42 Å². The van der Waals surface area contributed by atoms with E-state index < -0.39 is 12.0 Å². The summed E-state index contributed by atoms with van der Waals surface area (Å²) in [5, 5.41) is 11.7. The van der Waals surface area contributed by atoms with Gasteiger partial charge in [-0.2, -0.15) is 0 Å². The third-order valence-corrected chi connectivity index (χ3v) is 2.14. The number of rotatable bonds is 7. The minimum atomic E-state index is -0.816. The molecular weight excluding hydrogens is 190 g/mol. The van der Waals surface area contributed by atoms with Crippen LogP contribution in [0, 0.1) is 0 Å². The van der Waals surface area contributed by atoms with Crippen LogP contribution in [-0.2, 0) is 4.79 Å². The fourth-order valence-corrected chi connectivity index (χ4v) is 1.49. The molecule has 0 aliphatic rings. The minimum absolute atomic E-state index is 0.224. The van der Waals surface area contributed by atoms with E-state index in [9.17, 15) is 4.79 Å². The maximum atomic E-state index is 10.7. The molecule has 2 unspecified atom stereocenters. The van der Waals surface area contributed by atoms with Crippen molar-refractivity contribution < 1.29 is 9.90 Å².